The molecule has 0 aliphatic heterocycles. The van der Waals surface area contributed by atoms with Gasteiger partial charge in [-0.2, -0.15) is 0 Å². The molecule has 0 aliphatic rings. The van der Waals surface area contributed by atoms with Gasteiger partial charge in [0.2, 0.25) is 11.8 Å². The lowest BCUT2D eigenvalue weighted by atomic mass is 10.0. The molecule has 0 aliphatic carbocycles. The lowest BCUT2D eigenvalue weighted by molar-refractivity contribution is -0.126. The highest BCUT2D eigenvalue weighted by atomic mass is 16.2. The van der Waals surface area contributed by atoms with Crippen LogP contribution in [-0.2, 0) is 9.59 Å². The summed E-state index contributed by atoms with van der Waals surface area (Å²) in [7, 11) is 0. The molecule has 0 saturated heterocycles. The Bertz CT molecular complexity index is 561. The molecule has 4 heteroatoms. The standard InChI is InChI=1S/C36H70N2O2/c1-3-5-7-9-11-13-15-17-19-20-22-24-26-28-30-32-35(39)38-34-36(40)37-33-31-29-27-25-23-21-18-16-14-12-10-8-6-4-2/h17,19H,3-16,18,20-34H2,1-2H3,(H,37,40)(H,38,39)/b19-17-. The summed E-state index contributed by atoms with van der Waals surface area (Å²) in [6.07, 6.45) is 40.3. The SMILES string of the molecule is CCCCCCCC/C=C\CCCCCCCC(=O)NCC(=O)NCCCCCCCCCCCCCCCC. The summed E-state index contributed by atoms with van der Waals surface area (Å²) in [5.41, 5.74) is 0. The molecule has 0 saturated carbocycles. The zero-order valence-electron chi connectivity index (χ0n) is 27.2. The van der Waals surface area contributed by atoms with Gasteiger partial charge in [-0.05, 0) is 38.5 Å². The molecule has 0 atom stereocenters. The minimum absolute atomic E-state index is 0.00395. The van der Waals surface area contributed by atoms with Gasteiger partial charge in [-0.15, -0.1) is 0 Å². The van der Waals surface area contributed by atoms with Gasteiger partial charge in [0, 0.05) is 13.0 Å². The van der Waals surface area contributed by atoms with E-state index in [-0.39, 0.29) is 18.4 Å². The lowest BCUT2D eigenvalue weighted by Gasteiger charge is -2.07. The highest BCUT2D eigenvalue weighted by Gasteiger charge is 2.05. The van der Waals surface area contributed by atoms with Crippen molar-refractivity contribution in [1.82, 2.24) is 10.6 Å². The number of allylic oxidation sites excluding steroid dienone is 2. The summed E-state index contributed by atoms with van der Waals surface area (Å²) >= 11 is 0. The summed E-state index contributed by atoms with van der Waals surface area (Å²) in [6.45, 7) is 5.38. The predicted molar refractivity (Wildman–Crippen MR) is 176 cm³/mol. The Hall–Kier alpha value is -1.32. The van der Waals surface area contributed by atoms with Gasteiger partial charge in [-0.25, -0.2) is 0 Å². The van der Waals surface area contributed by atoms with Gasteiger partial charge < -0.3 is 10.6 Å². The van der Waals surface area contributed by atoms with Crippen LogP contribution in [0.4, 0.5) is 0 Å². The van der Waals surface area contributed by atoms with Crippen LogP contribution in [0, 0.1) is 0 Å². The van der Waals surface area contributed by atoms with Crippen LogP contribution in [0.3, 0.4) is 0 Å². The van der Waals surface area contributed by atoms with Gasteiger partial charge in [0.25, 0.3) is 0 Å². The summed E-state index contributed by atoms with van der Waals surface area (Å²) in [5, 5.41) is 5.72. The molecule has 0 spiro atoms. The third-order valence-electron chi connectivity index (χ3n) is 7.96. The zero-order valence-corrected chi connectivity index (χ0v) is 27.2. The Morgan fingerprint density at radius 3 is 1.25 bits per heavy atom. The molecule has 0 rings (SSSR count). The van der Waals surface area contributed by atoms with Crippen molar-refractivity contribution in [3.8, 4) is 0 Å². The fourth-order valence-corrected chi connectivity index (χ4v) is 5.23. The van der Waals surface area contributed by atoms with Crippen LogP contribution in [0.1, 0.15) is 194 Å². The van der Waals surface area contributed by atoms with E-state index in [0.29, 0.717) is 6.42 Å². The van der Waals surface area contributed by atoms with Crippen molar-refractivity contribution in [2.75, 3.05) is 13.1 Å². The molecular formula is C36H70N2O2. The Morgan fingerprint density at radius 1 is 0.425 bits per heavy atom. The Balaban J connectivity index is 3.31. The van der Waals surface area contributed by atoms with Gasteiger partial charge in [0.15, 0.2) is 0 Å². The highest BCUT2D eigenvalue weighted by molar-refractivity contribution is 5.84. The van der Waals surface area contributed by atoms with Crippen LogP contribution in [0.5, 0.6) is 0 Å². The van der Waals surface area contributed by atoms with Gasteiger partial charge in [0.1, 0.15) is 0 Å². The molecule has 40 heavy (non-hydrogen) atoms. The van der Waals surface area contributed by atoms with Crippen molar-refractivity contribution in [3.63, 3.8) is 0 Å². The third kappa shape index (κ3) is 32.9. The maximum atomic E-state index is 12.0. The molecule has 236 valence electrons. The third-order valence-corrected chi connectivity index (χ3v) is 7.96. The van der Waals surface area contributed by atoms with E-state index in [1.165, 1.54) is 154 Å². The first kappa shape index (κ1) is 38.7. The fraction of sp³-hybridized carbons (Fsp3) is 0.889. The molecule has 0 aromatic carbocycles. The van der Waals surface area contributed by atoms with E-state index < -0.39 is 0 Å². The number of amides is 2. The molecule has 2 N–H and O–H groups in total. The molecule has 0 bridgehead atoms. The van der Waals surface area contributed by atoms with E-state index in [2.05, 4.69) is 36.6 Å². The van der Waals surface area contributed by atoms with E-state index in [1.54, 1.807) is 0 Å². The largest absolute Gasteiger partial charge is 0.355 e. The fourth-order valence-electron chi connectivity index (χ4n) is 5.23. The summed E-state index contributed by atoms with van der Waals surface area (Å²) in [4.78, 5) is 24.0. The average Bonchev–Trinajstić information content (AvgIpc) is 2.96. The van der Waals surface area contributed by atoms with Crippen molar-refractivity contribution in [2.45, 2.75) is 194 Å². The zero-order chi connectivity index (χ0) is 29.2. The van der Waals surface area contributed by atoms with Gasteiger partial charge >= 0.3 is 0 Å². The first-order valence-electron chi connectivity index (χ1n) is 17.9. The second-order valence-corrected chi connectivity index (χ2v) is 12.1. The van der Waals surface area contributed by atoms with Gasteiger partial charge in [-0.1, -0.05) is 161 Å². The van der Waals surface area contributed by atoms with E-state index in [0.717, 1.165) is 25.8 Å². The topological polar surface area (TPSA) is 58.2 Å². The van der Waals surface area contributed by atoms with Crippen LogP contribution in [0.25, 0.3) is 0 Å². The normalized spacial score (nSPS) is 11.3. The van der Waals surface area contributed by atoms with Gasteiger partial charge in [0.05, 0.1) is 6.54 Å². The van der Waals surface area contributed by atoms with Crippen molar-refractivity contribution < 1.29 is 9.59 Å². The molecule has 0 unspecified atom stereocenters. The number of hydrogen-bond acceptors (Lipinski definition) is 2. The quantitative estimate of drug-likeness (QED) is 0.0632. The number of unbranched alkanes of at least 4 members (excludes halogenated alkanes) is 24. The highest BCUT2D eigenvalue weighted by Crippen LogP contribution is 2.13. The number of carbonyl (C=O) groups is 2. The van der Waals surface area contributed by atoms with Crippen LogP contribution < -0.4 is 10.6 Å². The summed E-state index contributed by atoms with van der Waals surface area (Å²) in [5.74, 6) is -0.0585. The Labute approximate surface area is 250 Å². The molecule has 2 amide bonds. The van der Waals surface area contributed by atoms with Crippen LogP contribution in [0.2, 0.25) is 0 Å². The van der Waals surface area contributed by atoms with Crippen molar-refractivity contribution >= 4 is 11.8 Å². The van der Waals surface area contributed by atoms with Gasteiger partial charge in [-0.3, -0.25) is 9.59 Å². The minimum Gasteiger partial charge on any atom is -0.355 e. The van der Waals surface area contributed by atoms with Crippen LogP contribution >= 0.6 is 0 Å². The maximum Gasteiger partial charge on any atom is 0.239 e. The average molecular weight is 563 g/mol. The van der Waals surface area contributed by atoms with Crippen molar-refractivity contribution in [1.29, 1.82) is 0 Å². The first-order chi connectivity index (χ1) is 19.7. The number of hydrogen-bond donors (Lipinski definition) is 2. The second-order valence-electron chi connectivity index (χ2n) is 12.1. The van der Waals surface area contributed by atoms with Crippen LogP contribution in [0.15, 0.2) is 12.2 Å². The number of nitrogens with one attached hydrogen (secondary N) is 2. The lowest BCUT2D eigenvalue weighted by Crippen LogP contribution is -2.37. The maximum absolute atomic E-state index is 12.0. The molecule has 0 aromatic rings. The molecular weight excluding hydrogens is 492 g/mol. The smallest absolute Gasteiger partial charge is 0.239 e. The minimum atomic E-state index is -0.0624. The van der Waals surface area contributed by atoms with Crippen LogP contribution in [-0.4, -0.2) is 24.9 Å². The van der Waals surface area contributed by atoms with Crippen molar-refractivity contribution in [2.24, 2.45) is 0 Å². The molecule has 0 aromatic heterocycles. The number of carbonyl (C=O) groups excluding carboxylic acids is 2. The first-order valence-corrected chi connectivity index (χ1v) is 17.9. The monoisotopic (exact) mass is 563 g/mol. The van der Waals surface area contributed by atoms with E-state index in [1.807, 2.05) is 0 Å². The van der Waals surface area contributed by atoms with E-state index in [9.17, 15) is 9.59 Å². The Morgan fingerprint density at radius 2 is 0.800 bits per heavy atom. The number of rotatable bonds is 32. The summed E-state index contributed by atoms with van der Waals surface area (Å²) in [6, 6.07) is 0. The Kier molecular flexibility index (Phi) is 32.8. The molecule has 0 fully saturated rings. The van der Waals surface area contributed by atoms with E-state index in [4.69, 9.17) is 0 Å². The molecule has 0 heterocycles. The van der Waals surface area contributed by atoms with Crippen molar-refractivity contribution in [3.05, 3.63) is 12.2 Å². The molecule has 0 radical (unpaired) electrons. The summed E-state index contributed by atoms with van der Waals surface area (Å²) < 4.78 is 0. The van der Waals surface area contributed by atoms with E-state index >= 15 is 0 Å². The molecule has 4 nitrogen and oxygen atoms in total. The second kappa shape index (κ2) is 33.9. The predicted octanol–water partition coefficient (Wildman–Crippen LogP) is 10.7.